The second-order valence-electron chi connectivity index (χ2n) is 4.69. The fraction of sp³-hybridized carbons (Fsp3) is 0.286. The number of H-pyrrole nitrogens is 1. The number of thiophene rings is 1. The molecule has 3 heterocycles. The van der Waals surface area contributed by atoms with Crippen molar-refractivity contribution in [3.8, 4) is 11.5 Å². The average Bonchev–Trinajstić information content (AvgIpc) is 3.11. The summed E-state index contributed by atoms with van der Waals surface area (Å²) in [4.78, 5) is 11.7. The number of fused-ring (bicyclic) bond motifs is 1. The molecule has 3 aromatic rings. The van der Waals surface area contributed by atoms with E-state index in [-0.39, 0.29) is 11.5 Å². The van der Waals surface area contributed by atoms with Crippen LogP contribution in [-0.4, -0.2) is 34.8 Å². The lowest BCUT2D eigenvalue weighted by Gasteiger charge is -2.14. The molecule has 5 nitrogen and oxygen atoms in total. The van der Waals surface area contributed by atoms with Gasteiger partial charge in [0.05, 0.1) is 18.3 Å². The molecule has 1 N–H and O–H groups in total. The van der Waals surface area contributed by atoms with Gasteiger partial charge in [-0.1, -0.05) is 11.8 Å². The summed E-state index contributed by atoms with van der Waals surface area (Å²) in [5, 5.41) is 4.59. The van der Waals surface area contributed by atoms with Crippen LogP contribution in [0.4, 0.5) is 13.2 Å². The van der Waals surface area contributed by atoms with Crippen molar-refractivity contribution in [1.29, 1.82) is 0 Å². The molecule has 0 aromatic carbocycles. The third-order valence-electron chi connectivity index (χ3n) is 2.99. The monoisotopic (exact) mass is 375 g/mol. The minimum atomic E-state index is -4.41. The van der Waals surface area contributed by atoms with E-state index in [0.717, 1.165) is 11.0 Å². The Kier molecular flexibility index (Phi) is 4.86. The summed E-state index contributed by atoms with van der Waals surface area (Å²) in [5.74, 6) is 0.591. The van der Waals surface area contributed by atoms with Gasteiger partial charge >= 0.3 is 6.18 Å². The predicted molar refractivity (Wildman–Crippen MR) is 85.9 cm³/mol. The minimum absolute atomic E-state index is 0.0143. The first-order chi connectivity index (χ1) is 11.5. The molecule has 3 rings (SSSR count). The number of thioether (sulfide) groups is 1. The van der Waals surface area contributed by atoms with E-state index in [1.54, 1.807) is 11.3 Å². The molecular weight excluding hydrogens is 363 g/mol. The highest BCUT2D eigenvalue weighted by Crippen LogP contribution is 2.34. The Bertz CT molecular complexity index is 804. The number of nitrogens with zero attached hydrogens (tertiary/aromatic N) is 2. The first-order valence-corrected chi connectivity index (χ1v) is 8.65. The maximum absolute atomic E-state index is 12.3. The Hall–Kier alpha value is -1.94. The molecule has 0 radical (unpaired) electrons. The molecule has 0 unspecified atom stereocenters. The fourth-order valence-electron chi connectivity index (χ4n) is 1.99. The van der Waals surface area contributed by atoms with Crippen LogP contribution in [0.2, 0.25) is 0 Å². The lowest BCUT2D eigenvalue weighted by atomic mass is 10.3. The van der Waals surface area contributed by atoms with Gasteiger partial charge in [-0.05, 0) is 0 Å². The van der Waals surface area contributed by atoms with Crippen molar-refractivity contribution in [1.82, 2.24) is 15.0 Å². The van der Waals surface area contributed by atoms with Crippen molar-refractivity contribution >= 4 is 34.1 Å². The summed E-state index contributed by atoms with van der Waals surface area (Å²) in [7, 11) is 1.37. The zero-order valence-electron chi connectivity index (χ0n) is 12.4. The zero-order chi connectivity index (χ0) is 17.2. The summed E-state index contributed by atoms with van der Waals surface area (Å²) in [6.45, 7) is -1.38. The Morgan fingerprint density at radius 2 is 2.17 bits per heavy atom. The van der Waals surface area contributed by atoms with Gasteiger partial charge < -0.3 is 14.5 Å². The minimum Gasteiger partial charge on any atom is -0.491 e. The van der Waals surface area contributed by atoms with E-state index >= 15 is 0 Å². The Balaban J connectivity index is 1.73. The van der Waals surface area contributed by atoms with Gasteiger partial charge in [0, 0.05) is 28.8 Å². The van der Waals surface area contributed by atoms with Gasteiger partial charge in [-0.3, -0.25) is 4.98 Å². The smallest absolute Gasteiger partial charge is 0.422 e. The third-order valence-corrected chi connectivity index (χ3v) is 4.60. The Morgan fingerprint density at radius 1 is 1.33 bits per heavy atom. The van der Waals surface area contributed by atoms with Crippen LogP contribution in [0.5, 0.6) is 11.5 Å². The summed E-state index contributed by atoms with van der Waals surface area (Å²) < 4.78 is 46.9. The largest absolute Gasteiger partial charge is 0.491 e. The van der Waals surface area contributed by atoms with E-state index < -0.39 is 12.8 Å². The summed E-state index contributed by atoms with van der Waals surface area (Å²) in [6.07, 6.45) is -3.02. The molecule has 0 atom stereocenters. The van der Waals surface area contributed by atoms with Crippen LogP contribution in [0.15, 0.2) is 28.2 Å². The van der Waals surface area contributed by atoms with Gasteiger partial charge in [-0.15, -0.1) is 11.3 Å². The maximum atomic E-state index is 12.3. The molecular formula is C14H12F3N3O2S2. The van der Waals surface area contributed by atoms with Crippen molar-refractivity contribution in [3.63, 3.8) is 0 Å². The Labute approximate surface area is 143 Å². The number of halogens is 3. The van der Waals surface area contributed by atoms with E-state index in [1.807, 2.05) is 10.8 Å². The normalized spacial score (nSPS) is 11.8. The van der Waals surface area contributed by atoms with Crippen molar-refractivity contribution in [2.45, 2.75) is 17.1 Å². The van der Waals surface area contributed by atoms with Crippen LogP contribution in [0.25, 0.3) is 11.0 Å². The number of aromatic amines is 1. The summed E-state index contributed by atoms with van der Waals surface area (Å²) in [5.41, 5.74) is 2.32. The van der Waals surface area contributed by atoms with E-state index in [1.165, 1.54) is 31.1 Å². The molecule has 0 aliphatic carbocycles. The van der Waals surface area contributed by atoms with Crippen LogP contribution in [0.1, 0.15) is 5.69 Å². The molecule has 10 heteroatoms. The zero-order valence-corrected chi connectivity index (χ0v) is 14.0. The van der Waals surface area contributed by atoms with Gasteiger partial charge in [0.15, 0.2) is 23.3 Å². The number of hydrogen-bond acceptors (Lipinski definition) is 6. The van der Waals surface area contributed by atoms with E-state index in [4.69, 9.17) is 9.47 Å². The lowest BCUT2D eigenvalue weighted by molar-refractivity contribution is -0.153. The van der Waals surface area contributed by atoms with Crippen LogP contribution in [0.3, 0.4) is 0 Å². The molecule has 0 fully saturated rings. The molecule has 3 aromatic heterocycles. The highest BCUT2D eigenvalue weighted by molar-refractivity contribution is 7.98. The van der Waals surface area contributed by atoms with Crippen molar-refractivity contribution in [2.75, 3.05) is 13.7 Å². The first-order valence-electron chi connectivity index (χ1n) is 6.72. The third kappa shape index (κ3) is 3.93. The highest BCUT2D eigenvalue weighted by Gasteiger charge is 2.29. The van der Waals surface area contributed by atoms with Crippen LogP contribution < -0.4 is 9.47 Å². The average molecular weight is 375 g/mol. The SMILES string of the molecule is COc1c(OCC(F)(F)F)ccnc1CSc1nc2cscc2[nH]1. The van der Waals surface area contributed by atoms with Crippen molar-refractivity contribution < 1.29 is 22.6 Å². The number of alkyl halides is 3. The van der Waals surface area contributed by atoms with Crippen molar-refractivity contribution in [2.24, 2.45) is 0 Å². The number of hydrogen-bond donors (Lipinski definition) is 1. The molecule has 24 heavy (non-hydrogen) atoms. The lowest BCUT2D eigenvalue weighted by Crippen LogP contribution is -2.19. The van der Waals surface area contributed by atoms with Gasteiger partial charge in [-0.2, -0.15) is 13.2 Å². The summed E-state index contributed by atoms with van der Waals surface area (Å²) in [6, 6.07) is 1.35. The van der Waals surface area contributed by atoms with Gasteiger partial charge in [0.25, 0.3) is 0 Å². The van der Waals surface area contributed by atoms with E-state index in [9.17, 15) is 13.2 Å². The molecule has 0 aliphatic heterocycles. The van der Waals surface area contributed by atoms with Gasteiger partial charge in [-0.25, -0.2) is 4.98 Å². The highest BCUT2D eigenvalue weighted by atomic mass is 32.2. The number of imidazole rings is 1. The van der Waals surface area contributed by atoms with Gasteiger partial charge in [0.2, 0.25) is 0 Å². The number of methoxy groups -OCH3 is 1. The topological polar surface area (TPSA) is 60.0 Å². The predicted octanol–water partition coefficient (Wildman–Crippen LogP) is 4.26. The van der Waals surface area contributed by atoms with Crippen molar-refractivity contribution in [3.05, 3.63) is 28.7 Å². The molecule has 0 aliphatic rings. The van der Waals surface area contributed by atoms with Gasteiger partial charge in [0.1, 0.15) is 5.52 Å². The second kappa shape index (κ2) is 6.89. The summed E-state index contributed by atoms with van der Waals surface area (Å²) >= 11 is 2.94. The number of ether oxygens (including phenoxy) is 2. The van der Waals surface area contributed by atoms with E-state index in [0.29, 0.717) is 16.6 Å². The number of pyridine rings is 1. The maximum Gasteiger partial charge on any atom is 0.422 e. The molecule has 0 saturated heterocycles. The van der Waals surface area contributed by atoms with E-state index in [2.05, 4.69) is 15.0 Å². The van der Waals surface area contributed by atoms with Crippen LogP contribution >= 0.6 is 23.1 Å². The Morgan fingerprint density at radius 3 is 2.88 bits per heavy atom. The molecule has 128 valence electrons. The molecule has 0 amide bonds. The second-order valence-corrected chi connectivity index (χ2v) is 6.40. The number of rotatable bonds is 6. The molecule has 0 spiro atoms. The van der Waals surface area contributed by atoms with Crippen LogP contribution in [0, 0.1) is 0 Å². The first kappa shape index (κ1) is 16.9. The number of aromatic nitrogens is 3. The number of nitrogens with one attached hydrogen (secondary N) is 1. The molecule has 0 bridgehead atoms. The quantitative estimate of drug-likeness (QED) is 0.653. The molecule has 0 saturated carbocycles. The fourth-order valence-corrected chi connectivity index (χ4v) is 3.51. The van der Waals surface area contributed by atoms with Crippen LogP contribution in [-0.2, 0) is 5.75 Å². The standard InChI is InChI=1S/C14H12F3N3O2S2/c1-21-12-10(18-3-2-11(12)22-7-14(15,16)17)6-24-13-19-8-4-23-5-9(8)20-13/h2-5H,6-7H2,1H3,(H,19,20).